The molecule has 666 valence electrons. The number of nitrogens with one attached hydrogen (secondary N) is 4. The van der Waals surface area contributed by atoms with Crippen molar-refractivity contribution in [3.63, 3.8) is 0 Å². The van der Waals surface area contributed by atoms with E-state index >= 15 is 0 Å². The fourth-order valence-electron chi connectivity index (χ4n) is 22.9. The fraction of sp³-hybridized carbons (Fsp3) is 0.659. The molecule has 0 radical (unpaired) electrons. The van der Waals surface area contributed by atoms with Crippen LogP contribution in [0.4, 0.5) is 9.59 Å². The number of hydrogen-bond donors (Lipinski definition) is 13. The van der Waals surface area contributed by atoms with Crippen molar-refractivity contribution in [1.82, 2.24) is 36.0 Å². The number of likely N-dealkylation sites (tertiary alicyclic amines) is 3. The predicted octanol–water partition coefficient (Wildman–Crippen LogP) is 3.89. The van der Waals surface area contributed by atoms with Crippen LogP contribution in [0.15, 0.2) is 36.4 Å². The van der Waals surface area contributed by atoms with E-state index in [4.69, 9.17) is 65.7 Å². The Labute approximate surface area is 710 Å². The Balaban J connectivity index is 0.000000137. The number of carbonyl (C=O) groups excluding carboxylic acids is 9. The molecule has 0 aromatic heterocycles. The van der Waals surface area contributed by atoms with Crippen LogP contribution >= 0.6 is 0 Å². The number of alkyl carbamates (subject to hydrolysis) is 1. The number of ketones is 3. The van der Waals surface area contributed by atoms with Crippen LogP contribution in [-0.2, 0) is 102 Å². The molecule has 3 aromatic carbocycles. The Hall–Kier alpha value is -9.94. The van der Waals surface area contributed by atoms with E-state index in [-0.39, 0.29) is 84.8 Å². The quantitative estimate of drug-likeness (QED) is 0.0278. The highest BCUT2D eigenvalue weighted by molar-refractivity contribution is 5.95. The number of amides is 4. The van der Waals surface area contributed by atoms with Crippen LogP contribution in [0.3, 0.4) is 0 Å². The Morgan fingerprint density at radius 2 is 0.813 bits per heavy atom. The highest BCUT2D eigenvalue weighted by Gasteiger charge is 2.80. The SMILES string of the molecule is CC(C)(NC(=O)CCC(N)C(=O)O)C(=O)O[C@@]12CCC(=O)[C@@H]3Oc4c(O)ccc5c4[C@@]31CCN(CC1CC1)[C@@H]2C5.CC(C)(NC(=O)NCCCCC(N)C(=O)O)C(=O)O[C@@]12CCC(=O)[C@@H]3Oc4c(O)ccc5c4[C@@]31CCN(CC1CC1)[C@@H]2C5.CC(C)(NC(=O)OCC(N)C(=O)O)C(=O)O[C@@]12CCC(=O)[C@@H]3Oc4c(O)ccc5c4[C@@]31CCN(CC1CC1)[C@@H]2C5. The van der Waals surface area contributed by atoms with Crippen molar-refractivity contribution in [2.45, 2.75) is 293 Å². The zero-order valence-electron chi connectivity index (χ0n) is 70.3. The van der Waals surface area contributed by atoms with Gasteiger partial charge in [-0.25, -0.2) is 24.0 Å². The second kappa shape index (κ2) is 31.6. The molecule has 15 aliphatic rings. The van der Waals surface area contributed by atoms with Crippen LogP contribution in [-0.4, -0.2) is 257 Å². The number of aromatic hydroxyl groups is 3. The number of phenolic OH excluding ortho intramolecular Hbond substituents is 3. The van der Waals surface area contributed by atoms with Gasteiger partial charge in [-0.15, -0.1) is 0 Å². The monoisotopic (exact) mass is 1710 g/mol. The second-order valence-corrected chi connectivity index (χ2v) is 38.6. The van der Waals surface area contributed by atoms with Crippen molar-refractivity contribution < 1.29 is 121 Å². The van der Waals surface area contributed by atoms with Crippen molar-refractivity contribution in [1.29, 1.82) is 0 Å². The van der Waals surface area contributed by atoms with Crippen molar-refractivity contribution in [2.75, 3.05) is 52.4 Å². The minimum atomic E-state index is -1.55. The molecule has 35 heteroatoms. The van der Waals surface area contributed by atoms with E-state index in [9.17, 15) is 72.9 Å². The molecule has 9 aliphatic carbocycles. The second-order valence-electron chi connectivity index (χ2n) is 38.6. The van der Waals surface area contributed by atoms with E-state index in [2.05, 4.69) is 36.0 Å². The number of hydrogen-bond acceptors (Lipinski definition) is 28. The molecule has 15 atom stereocenters. The smallest absolute Gasteiger partial charge is 0.408 e. The minimum Gasteiger partial charge on any atom is -0.504 e. The first kappa shape index (κ1) is 86.6. The number of nitrogens with zero attached hydrogens (tertiary/aromatic N) is 3. The molecule has 35 nitrogen and oxygen atoms in total. The summed E-state index contributed by atoms with van der Waals surface area (Å²) in [6.45, 7) is 13.8. The van der Waals surface area contributed by atoms with Gasteiger partial charge < -0.3 is 102 Å². The maximum atomic E-state index is 14.1. The molecular formula is C88H114N10O25. The molecule has 16 N–H and O–H groups in total. The maximum absolute atomic E-state index is 14.1. The van der Waals surface area contributed by atoms with Gasteiger partial charge in [0.25, 0.3) is 0 Å². The van der Waals surface area contributed by atoms with Gasteiger partial charge in [-0.2, -0.15) is 0 Å². The number of ether oxygens (including phenoxy) is 7. The zero-order chi connectivity index (χ0) is 88.0. The number of unbranched alkanes of at least 4 members (excludes halogenated alkanes) is 1. The molecule has 3 spiro atoms. The summed E-state index contributed by atoms with van der Waals surface area (Å²) in [6.07, 6.45) is 9.43. The number of piperidine rings is 3. The zero-order valence-corrected chi connectivity index (χ0v) is 70.3. The van der Waals surface area contributed by atoms with E-state index in [0.29, 0.717) is 125 Å². The number of aliphatic carboxylic acids is 3. The van der Waals surface area contributed by atoms with Gasteiger partial charge in [-0.05, 0) is 236 Å². The van der Waals surface area contributed by atoms with Gasteiger partial charge in [0.1, 0.15) is 58.2 Å². The summed E-state index contributed by atoms with van der Waals surface area (Å²) in [5.74, 6) is -3.58. The van der Waals surface area contributed by atoms with Crippen LogP contribution in [0.2, 0.25) is 0 Å². The summed E-state index contributed by atoms with van der Waals surface area (Å²) in [6, 6.07) is 5.88. The van der Waals surface area contributed by atoms with Gasteiger partial charge in [0.15, 0.2) is 70.2 Å². The summed E-state index contributed by atoms with van der Waals surface area (Å²) in [5.41, 5.74) is 11.3. The fourth-order valence-corrected chi connectivity index (χ4v) is 22.9. The molecule has 4 amide bonds. The number of urea groups is 1. The number of phenols is 3. The molecule has 6 heterocycles. The highest BCUT2D eigenvalue weighted by atomic mass is 16.6. The van der Waals surface area contributed by atoms with Crippen LogP contribution in [0.5, 0.6) is 34.5 Å². The lowest BCUT2D eigenvalue weighted by Gasteiger charge is -2.64. The average molecular weight is 1710 g/mol. The lowest BCUT2D eigenvalue weighted by atomic mass is 9.48. The third-order valence-corrected chi connectivity index (χ3v) is 29.5. The van der Waals surface area contributed by atoms with Crippen molar-refractivity contribution >= 4 is 71.2 Å². The molecule has 9 fully saturated rings. The molecule has 123 heavy (non-hydrogen) atoms. The van der Waals surface area contributed by atoms with Gasteiger partial charge in [-0.3, -0.25) is 48.3 Å². The van der Waals surface area contributed by atoms with Crippen molar-refractivity contribution in [3.8, 4) is 34.5 Å². The van der Waals surface area contributed by atoms with Crippen LogP contribution in [0, 0.1) is 17.8 Å². The highest BCUT2D eigenvalue weighted by Crippen LogP contribution is 2.70. The summed E-state index contributed by atoms with van der Waals surface area (Å²) in [7, 11) is 0. The maximum Gasteiger partial charge on any atom is 0.408 e. The number of carbonyl (C=O) groups is 12. The van der Waals surface area contributed by atoms with Crippen LogP contribution < -0.4 is 52.7 Å². The van der Waals surface area contributed by atoms with Crippen molar-refractivity contribution in [3.05, 3.63) is 69.8 Å². The molecule has 6 bridgehead atoms. The Morgan fingerprint density at radius 3 is 1.16 bits per heavy atom. The average Bonchev–Trinajstić information content (AvgIpc) is 1.56. The van der Waals surface area contributed by atoms with Gasteiger partial charge >= 0.3 is 47.9 Å². The molecule has 18 rings (SSSR count). The van der Waals surface area contributed by atoms with Gasteiger partial charge in [0.2, 0.25) is 5.91 Å². The summed E-state index contributed by atoms with van der Waals surface area (Å²) in [5, 5.41) is 69.7. The van der Waals surface area contributed by atoms with Gasteiger partial charge in [-0.1, -0.05) is 18.2 Å². The number of esters is 3. The first-order valence-electron chi connectivity index (χ1n) is 43.5. The third kappa shape index (κ3) is 14.6. The summed E-state index contributed by atoms with van der Waals surface area (Å²) in [4.78, 5) is 160. The Bertz CT molecular complexity index is 4670. The van der Waals surface area contributed by atoms with Crippen LogP contribution in [0.1, 0.15) is 203 Å². The number of nitrogens with two attached hydrogens (primary N) is 3. The Morgan fingerprint density at radius 1 is 0.472 bits per heavy atom. The molecule has 3 unspecified atom stereocenters. The number of carboxylic acids is 3. The molecule has 3 saturated heterocycles. The third-order valence-electron chi connectivity index (χ3n) is 29.5. The first-order chi connectivity index (χ1) is 58.2. The molecule has 6 saturated carbocycles. The molecule has 6 aliphatic heterocycles. The normalized spacial score (nSPS) is 30.6. The number of carboxylic acid groups (broad SMARTS) is 3. The van der Waals surface area contributed by atoms with E-state index in [1.54, 1.807) is 45.9 Å². The van der Waals surface area contributed by atoms with Gasteiger partial charge in [0.05, 0.1) is 34.4 Å². The van der Waals surface area contributed by atoms with Crippen molar-refractivity contribution in [2.24, 2.45) is 35.0 Å². The largest absolute Gasteiger partial charge is 0.504 e. The minimum absolute atomic E-state index is 0.0157. The summed E-state index contributed by atoms with van der Waals surface area (Å²) < 4.78 is 43.5. The van der Waals surface area contributed by atoms with E-state index in [0.717, 1.165) is 78.9 Å². The number of benzene rings is 3. The number of rotatable bonds is 28. The van der Waals surface area contributed by atoms with Gasteiger partial charge in [0, 0.05) is 68.6 Å². The first-order valence-corrected chi connectivity index (χ1v) is 43.5. The standard InChI is InChI=1S/C31H42N4O8.C29H37N3O8.C28H35N3O9/c1-29(2,34-28(41)33-13-4-3-5-19(32)26(38)39)27(40)43-31-11-10-21(37)25-30(31)12-14-35(16-17-6-7-17)22(31)15-18-8-9-20(36)24(42-25)23(18)30;1-27(2,31-21(35)8-6-17(30)25(36)37)26(38)40-29-10-9-19(34)24-28(29)11-12-32(14-15-3-4-15)20(29)13-16-5-7-18(33)23(39-24)22(16)28;1-26(2,30-25(37)38-13-16(29)23(34)35)24(36)40-28-8-7-18(33)22-27(28)9-10-31(12-14-3-4-14)19(28)11-15-5-6-17(32)21(39-22)20(15)27/h8-9,17,19,22,25,36H,3-7,10-16,32H2,1-2H3,(H,38,39)(H2,33,34,41);5,7,15,17,20,24,33H,3-4,6,8-14,30H2,1-2H3,(H,31,35)(H,36,37);5-6,14,16,19,22,32H,3-4,7-13,29H2,1-2H3,(H,30,37)(H,34,35)/t19?,22-,25+,30+,31-;17?,20-,24+,28+,29-;16?,19-,22+,27+,28-/m111/s1. The molecular weight excluding hydrogens is 1600 g/mol. The van der Waals surface area contributed by atoms with E-state index < -0.39 is 147 Å². The Kier molecular flexibility index (Phi) is 22.3. The lowest BCUT2D eigenvalue weighted by Crippen LogP contribution is -2.78. The summed E-state index contributed by atoms with van der Waals surface area (Å²) >= 11 is 0. The van der Waals surface area contributed by atoms with E-state index in [1.807, 2.05) is 18.2 Å². The van der Waals surface area contributed by atoms with E-state index in [1.165, 1.54) is 39.5 Å². The molecule has 3 aromatic rings. The van der Waals surface area contributed by atoms with Crippen LogP contribution in [0.25, 0.3) is 0 Å². The predicted molar refractivity (Wildman–Crippen MR) is 432 cm³/mol. The lowest BCUT2D eigenvalue weighted by molar-refractivity contribution is -0.220. The number of Topliss-reactive ketones (excluding diaryl/α,β-unsaturated/α-hetero) is 3. The topological polar surface area (TPSA) is 527 Å².